The highest BCUT2D eigenvalue weighted by Crippen LogP contribution is 2.15. The van der Waals surface area contributed by atoms with Gasteiger partial charge in [0.2, 0.25) is 0 Å². The first-order valence-electron chi connectivity index (χ1n) is 5.03. The molecule has 1 atom stereocenters. The lowest BCUT2D eigenvalue weighted by atomic mass is 10.2. The van der Waals surface area contributed by atoms with Crippen molar-refractivity contribution in [2.45, 2.75) is 11.6 Å². The molecule has 3 heteroatoms. The molecule has 0 aliphatic carbocycles. The topological polar surface area (TPSA) is 12.5 Å². The molecule has 15 heavy (non-hydrogen) atoms. The minimum Gasteiger partial charge on any atom is -0.361 e. The maximum atomic E-state index is 5.63. The van der Waals surface area contributed by atoms with Crippen molar-refractivity contribution in [3.8, 4) is 0 Å². The van der Waals surface area contributed by atoms with Crippen molar-refractivity contribution in [2.24, 2.45) is 0 Å². The van der Waals surface area contributed by atoms with Gasteiger partial charge in [0.15, 0.2) is 0 Å². The highest BCUT2D eigenvalue weighted by Gasteiger charge is 2.15. The van der Waals surface area contributed by atoms with Crippen LogP contribution in [0.25, 0.3) is 0 Å². The molecule has 0 aromatic heterocycles. The Labute approximate surface area is 98.7 Å². The second kappa shape index (κ2) is 5.45. The number of ether oxygens (including phenoxy) is 1. The fraction of sp³-hybridized carbons (Fsp3) is 0.333. The number of halogens is 1. The van der Waals surface area contributed by atoms with Crippen molar-refractivity contribution in [3.63, 3.8) is 0 Å². The first-order valence-corrected chi connectivity index (χ1v) is 5.94. The number of benzene rings is 1. The van der Waals surface area contributed by atoms with Crippen molar-refractivity contribution in [1.29, 1.82) is 0 Å². The Morgan fingerprint density at radius 2 is 2.13 bits per heavy atom. The molecule has 80 valence electrons. The first-order chi connectivity index (χ1) is 7.36. The molecule has 2 nitrogen and oxygen atoms in total. The molecular formula is C12H14BrNO. The van der Waals surface area contributed by atoms with E-state index in [-0.39, 0.29) is 0 Å². The zero-order chi connectivity index (χ0) is 10.5. The van der Waals surface area contributed by atoms with E-state index in [0.29, 0.717) is 18.3 Å². The second-order valence-electron chi connectivity index (χ2n) is 3.54. The number of hydrogen-bond acceptors (Lipinski definition) is 2. The van der Waals surface area contributed by atoms with Crippen LogP contribution in [0.5, 0.6) is 0 Å². The van der Waals surface area contributed by atoms with Crippen LogP contribution in [-0.2, 0) is 11.3 Å². The van der Waals surface area contributed by atoms with Crippen molar-refractivity contribution in [1.82, 2.24) is 4.90 Å². The first kappa shape index (κ1) is 10.9. The van der Waals surface area contributed by atoms with Crippen molar-refractivity contribution < 1.29 is 4.74 Å². The van der Waals surface area contributed by atoms with Crippen LogP contribution in [0.15, 0.2) is 42.5 Å². The van der Waals surface area contributed by atoms with Crippen LogP contribution in [0.4, 0.5) is 0 Å². The summed E-state index contributed by atoms with van der Waals surface area (Å²) in [4.78, 5) is 2.54. The number of alkyl halides is 1. The molecule has 0 bridgehead atoms. The average molecular weight is 268 g/mol. The second-order valence-corrected chi connectivity index (χ2v) is 4.47. The molecule has 0 saturated heterocycles. The molecule has 1 aliphatic rings. The molecule has 1 aliphatic heterocycles. The van der Waals surface area contributed by atoms with E-state index in [4.69, 9.17) is 4.74 Å². The van der Waals surface area contributed by atoms with Crippen LogP contribution in [0.1, 0.15) is 5.56 Å². The SMILES string of the molecule is BrC1C=CCN1COCc1ccccc1. The zero-order valence-electron chi connectivity index (χ0n) is 8.47. The summed E-state index contributed by atoms with van der Waals surface area (Å²) in [6.45, 7) is 2.31. The summed E-state index contributed by atoms with van der Waals surface area (Å²) >= 11 is 3.55. The Morgan fingerprint density at radius 1 is 1.33 bits per heavy atom. The third-order valence-corrected chi connectivity index (χ3v) is 3.24. The van der Waals surface area contributed by atoms with Gasteiger partial charge in [-0.25, -0.2) is 0 Å². The third kappa shape index (κ3) is 3.16. The normalized spacial score (nSPS) is 21.0. The minimum atomic E-state index is 0.327. The van der Waals surface area contributed by atoms with Crippen LogP contribution < -0.4 is 0 Å². The van der Waals surface area contributed by atoms with E-state index in [9.17, 15) is 0 Å². The maximum absolute atomic E-state index is 5.63. The molecule has 0 saturated carbocycles. The van der Waals surface area contributed by atoms with Gasteiger partial charge in [-0.15, -0.1) is 0 Å². The number of nitrogens with zero attached hydrogens (tertiary/aromatic N) is 1. The van der Waals surface area contributed by atoms with E-state index in [1.807, 2.05) is 18.2 Å². The highest BCUT2D eigenvalue weighted by molar-refractivity contribution is 9.09. The molecule has 1 heterocycles. The summed E-state index contributed by atoms with van der Waals surface area (Å²) in [6.07, 6.45) is 4.27. The van der Waals surface area contributed by atoms with Crippen LogP contribution in [0, 0.1) is 0 Å². The lowest BCUT2D eigenvalue weighted by molar-refractivity contribution is 0.0301. The summed E-state index contributed by atoms with van der Waals surface area (Å²) in [7, 11) is 0. The van der Waals surface area contributed by atoms with Gasteiger partial charge >= 0.3 is 0 Å². The molecule has 1 aromatic carbocycles. The van der Waals surface area contributed by atoms with Gasteiger partial charge in [0.25, 0.3) is 0 Å². The summed E-state index contributed by atoms with van der Waals surface area (Å²) in [5.41, 5.74) is 1.22. The Morgan fingerprint density at radius 3 is 2.80 bits per heavy atom. The summed E-state index contributed by atoms with van der Waals surface area (Å²) in [6, 6.07) is 10.2. The molecule has 0 spiro atoms. The van der Waals surface area contributed by atoms with Gasteiger partial charge in [-0.3, -0.25) is 4.90 Å². The van der Waals surface area contributed by atoms with Crippen molar-refractivity contribution >= 4 is 15.9 Å². The average Bonchev–Trinajstić information content (AvgIpc) is 2.66. The van der Waals surface area contributed by atoms with Gasteiger partial charge in [0, 0.05) is 6.54 Å². The largest absolute Gasteiger partial charge is 0.361 e. The monoisotopic (exact) mass is 267 g/mol. The lowest BCUT2D eigenvalue weighted by Crippen LogP contribution is -2.28. The smallest absolute Gasteiger partial charge is 0.101 e. The number of rotatable bonds is 4. The third-order valence-electron chi connectivity index (χ3n) is 2.35. The molecular weight excluding hydrogens is 254 g/mol. The van der Waals surface area contributed by atoms with E-state index in [1.54, 1.807) is 0 Å². The van der Waals surface area contributed by atoms with E-state index in [0.717, 1.165) is 6.54 Å². The fourth-order valence-corrected chi connectivity index (χ4v) is 2.01. The van der Waals surface area contributed by atoms with Gasteiger partial charge in [0.05, 0.1) is 11.6 Å². The Balaban J connectivity index is 1.71. The molecule has 2 rings (SSSR count). The van der Waals surface area contributed by atoms with E-state index >= 15 is 0 Å². The quantitative estimate of drug-likeness (QED) is 0.473. The molecule has 0 radical (unpaired) electrons. The molecule has 0 fully saturated rings. The highest BCUT2D eigenvalue weighted by atomic mass is 79.9. The summed E-state index contributed by atoms with van der Waals surface area (Å²) < 4.78 is 5.63. The maximum Gasteiger partial charge on any atom is 0.101 e. The Bertz CT molecular complexity index is 326. The van der Waals surface area contributed by atoms with E-state index in [2.05, 4.69) is 45.1 Å². The predicted molar refractivity (Wildman–Crippen MR) is 64.7 cm³/mol. The van der Waals surface area contributed by atoms with Crippen LogP contribution in [0.3, 0.4) is 0 Å². The minimum absolute atomic E-state index is 0.327. The summed E-state index contributed by atoms with van der Waals surface area (Å²) in [5.74, 6) is 0. The van der Waals surface area contributed by atoms with Crippen molar-refractivity contribution in [3.05, 3.63) is 48.0 Å². The van der Waals surface area contributed by atoms with Crippen LogP contribution >= 0.6 is 15.9 Å². The van der Waals surface area contributed by atoms with Gasteiger partial charge in [-0.2, -0.15) is 0 Å². The van der Waals surface area contributed by atoms with Crippen molar-refractivity contribution in [2.75, 3.05) is 13.3 Å². The predicted octanol–water partition coefficient (Wildman–Crippen LogP) is 2.75. The zero-order valence-corrected chi connectivity index (χ0v) is 10.1. The Hall–Kier alpha value is -0.640. The van der Waals surface area contributed by atoms with Crippen LogP contribution in [-0.4, -0.2) is 23.1 Å². The number of hydrogen-bond donors (Lipinski definition) is 0. The van der Waals surface area contributed by atoms with Gasteiger partial charge < -0.3 is 4.74 Å². The van der Waals surface area contributed by atoms with E-state index in [1.165, 1.54) is 5.56 Å². The fourth-order valence-electron chi connectivity index (χ4n) is 1.51. The lowest BCUT2D eigenvalue weighted by Gasteiger charge is -2.19. The molecule has 1 aromatic rings. The van der Waals surface area contributed by atoms with Gasteiger partial charge in [-0.05, 0) is 5.56 Å². The molecule has 0 amide bonds. The standard InChI is InChI=1S/C12H14BrNO/c13-12-7-4-8-14(12)10-15-9-11-5-2-1-3-6-11/h1-7,12H,8-10H2. The van der Waals surface area contributed by atoms with E-state index < -0.39 is 0 Å². The molecule has 0 N–H and O–H groups in total. The molecule has 1 unspecified atom stereocenters. The van der Waals surface area contributed by atoms with Gasteiger partial charge in [0.1, 0.15) is 6.73 Å². The summed E-state index contributed by atoms with van der Waals surface area (Å²) in [5, 5.41) is 0. The van der Waals surface area contributed by atoms with Crippen LogP contribution in [0.2, 0.25) is 0 Å². The Kier molecular flexibility index (Phi) is 3.94. The van der Waals surface area contributed by atoms with Gasteiger partial charge in [-0.1, -0.05) is 58.4 Å².